The number of alkyl halides is 3. The zero-order valence-corrected chi connectivity index (χ0v) is 22.1. The molecule has 9 nitrogen and oxygen atoms in total. The Morgan fingerprint density at radius 2 is 1.95 bits per heavy atom. The summed E-state index contributed by atoms with van der Waals surface area (Å²) < 4.78 is 50.6. The van der Waals surface area contributed by atoms with Crippen molar-refractivity contribution >= 4 is 23.2 Å². The first-order chi connectivity index (χ1) is 18.0. The zero-order valence-electron chi connectivity index (χ0n) is 21.3. The van der Waals surface area contributed by atoms with Crippen molar-refractivity contribution in [2.45, 2.75) is 43.9 Å². The lowest BCUT2D eigenvalue weighted by molar-refractivity contribution is -0.385. The molecule has 1 unspecified atom stereocenters. The molecule has 0 aliphatic carbocycles. The normalized spacial score (nSPS) is 13.9. The number of fused-ring (bicyclic) bond motifs is 3. The highest BCUT2D eigenvalue weighted by atomic mass is 32.2. The van der Waals surface area contributed by atoms with Gasteiger partial charge in [0.1, 0.15) is 13.2 Å². The third-order valence-corrected chi connectivity index (χ3v) is 7.39. The van der Waals surface area contributed by atoms with E-state index in [9.17, 15) is 23.3 Å². The Kier molecular flexibility index (Phi) is 8.07. The van der Waals surface area contributed by atoms with Gasteiger partial charge in [-0.05, 0) is 39.3 Å². The second-order valence-electron chi connectivity index (χ2n) is 9.01. The number of thioether (sulfide) groups is 1. The predicted molar refractivity (Wildman–Crippen MR) is 138 cm³/mol. The minimum atomic E-state index is -4.92. The molecular weight excluding hydrogens is 521 g/mol. The summed E-state index contributed by atoms with van der Waals surface area (Å²) in [7, 11) is 3.70. The number of nitro benzene ring substituents is 1. The molecule has 1 aromatic heterocycles. The van der Waals surface area contributed by atoms with Crippen molar-refractivity contribution < 1.29 is 22.8 Å². The molecule has 0 bridgehead atoms. The van der Waals surface area contributed by atoms with Gasteiger partial charge in [0.2, 0.25) is 0 Å². The van der Waals surface area contributed by atoms with Crippen LogP contribution in [0.1, 0.15) is 42.8 Å². The minimum Gasteiger partial charge on any atom is -0.462 e. The number of benzene rings is 2. The van der Waals surface area contributed by atoms with Crippen molar-refractivity contribution in [3.05, 3.63) is 69.0 Å². The summed E-state index contributed by atoms with van der Waals surface area (Å²) >= 11 is 1.54. The third kappa shape index (κ3) is 5.53. The largest absolute Gasteiger partial charge is 0.462 e. The van der Waals surface area contributed by atoms with E-state index in [-0.39, 0.29) is 48.0 Å². The van der Waals surface area contributed by atoms with E-state index in [0.29, 0.717) is 11.6 Å². The molecule has 0 saturated carbocycles. The topological polar surface area (TPSA) is 98.7 Å². The number of non-ortho nitro benzene ring substituents is 1. The van der Waals surface area contributed by atoms with Gasteiger partial charge in [0.05, 0.1) is 21.9 Å². The smallest absolute Gasteiger partial charge is 0.418 e. The molecular formula is C25H27F3N6O3S. The van der Waals surface area contributed by atoms with Gasteiger partial charge in [-0.15, -0.1) is 16.9 Å². The number of aliphatic imine (C=N–C) groups is 1. The summed E-state index contributed by atoms with van der Waals surface area (Å²) in [4.78, 5) is 18.2. The van der Waals surface area contributed by atoms with Gasteiger partial charge in [-0.2, -0.15) is 13.2 Å². The van der Waals surface area contributed by atoms with Crippen molar-refractivity contribution in [3.63, 3.8) is 0 Å². The van der Waals surface area contributed by atoms with E-state index >= 15 is 0 Å². The number of nitro groups is 1. The van der Waals surface area contributed by atoms with E-state index in [1.807, 2.05) is 45.0 Å². The first-order valence-corrected chi connectivity index (χ1v) is 12.9. The SMILES string of the molecule is CCCSc1ccccc1C1=NCc2nnc(OCC(C)N(C)C)n2-c2c1cc([N+](=O)[O-])cc2C(F)(F)F. The summed E-state index contributed by atoms with van der Waals surface area (Å²) in [5.74, 6) is 0.916. The van der Waals surface area contributed by atoms with Crippen molar-refractivity contribution in [1.29, 1.82) is 0 Å². The van der Waals surface area contributed by atoms with Crippen LogP contribution in [-0.4, -0.2) is 62.8 Å². The third-order valence-electron chi connectivity index (χ3n) is 6.11. The van der Waals surface area contributed by atoms with E-state index in [1.54, 1.807) is 23.9 Å². The van der Waals surface area contributed by atoms with Crippen LogP contribution in [0.4, 0.5) is 18.9 Å². The number of hydrogen-bond donors (Lipinski definition) is 0. The fraction of sp³-hybridized carbons (Fsp3) is 0.400. The van der Waals surface area contributed by atoms with Crippen LogP contribution < -0.4 is 4.74 Å². The molecule has 0 amide bonds. The number of aromatic nitrogens is 3. The highest BCUT2D eigenvalue weighted by Gasteiger charge is 2.40. The summed E-state index contributed by atoms with van der Waals surface area (Å²) in [6.07, 6.45) is -4.03. The second kappa shape index (κ2) is 11.1. The summed E-state index contributed by atoms with van der Waals surface area (Å²) in [5, 5.41) is 19.8. The molecule has 4 rings (SSSR count). The van der Waals surface area contributed by atoms with Crippen LogP contribution in [0.3, 0.4) is 0 Å². The van der Waals surface area contributed by atoms with Gasteiger partial charge in [-0.3, -0.25) is 15.1 Å². The van der Waals surface area contributed by atoms with Crippen LogP contribution >= 0.6 is 11.8 Å². The fourth-order valence-electron chi connectivity index (χ4n) is 3.89. The Balaban J connectivity index is 2.00. The minimum absolute atomic E-state index is 0.0415. The van der Waals surface area contributed by atoms with Crippen molar-refractivity contribution in [1.82, 2.24) is 19.7 Å². The van der Waals surface area contributed by atoms with E-state index < -0.39 is 22.4 Å². The second-order valence-corrected chi connectivity index (χ2v) is 10.1. The summed E-state index contributed by atoms with van der Waals surface area (Å²) in [6, 6.07) is 8.68. The van der Waals surface area contributed by atoms with E-state index in [2.05, 4.69) is 15.2 Å². The maximum Gasteiger partial charge on any atom is 0.418 e. The first-order valence-electron chi connectivity index (χ1n) is 11.9. The van der Waals surface area contributed by atoms with Crippen LogP contribution in [0, 0.1) is 10.1 Å². The molecule has 38 heavy (non-hydrogen) atoms. The van der Waals surface area contributed by atoms with Gasteiger partial charge < -0.3 is 9.64 Å². The fourth-order valence-corrected chi connectivity index (χ4v) is 4.81. The van der Waals surface area contributed by atoms with Gasteiger partial charge in [0, 0.05) is 34.2 Å². The molecule has 0 N–H and O–H groups in total. The van der Waals surface area contributed by atoms with Gasteiger partial charge in [0.25, 0.3) is 5.69 Å². The number of rotatable bonds is 9. The molecule has 0 spiro atoms. The lowest BCUT2D eigenvalue weighted by atomic mass is 9.96. The molecule has 1 atom stereocenters. The van der Waals surface area contributed by atoms with E-state index in [1.165, 1.54) is 4.57 Å². The van der Waals surface area contributed by atoms with E-state index in [4.69, 9.17) is 4.74 Å². The first kappa shape index (κ1) is 27.6. The van der Waals surface area contributed by atoms with Crippen LogP contribution in [0.5, 0.6) is 6.01 Å². The molecule has 2 aromatic carbocycles. The number of hydrogen-bond acceptors (Lipinski definition) is 8. The van der Waals surface area contributed by atoms with Gasteiger partial charge in [-0.1, -0.05) is 30.2 Å². The average molecular weight is 549 g/mol. The molecule has 202 valence electrons. The molecule has 0 radical (unpaired) electrons. The van der Waals surface area contributed by atoms with Crippen molar-refractivity contribution in [3.8, 4) is 11.7 Å². The molecule has 3 aromatic rings. The lowest BCUT2D eigenvalue weighted by Crippen LogP contribution is -2.31. The molecule has 1 aliphatic rings. The molecule has 0 saturated heterocycles. The van der Waals surface area contributed by atoms with Gasteiger partial charge in [-0.25, -0.2) is 4.57 Å². The Hall–Kier alpha value is -3.45. The number of ether oxygens (including phenoxy) is 1. The number of halogens is 3. The van der Waals surface area contributed by atoms with E-state index in [0.717, 1.165) is 23.1 Å². The molecule has 13 heteroatoms. The van der Waals surface area contributed by atoms with Crippen LogP contribution in [0.2, 0.25) is 0 Å². The molecule has 0 fully saturated rings. The molecule has 2 heterocycles. The maximum atomic E-state index is 14.5. The quantitative estimate of drug-likeness (QED) is 0.201. The standard InChI is InChI=1S/C25H27F3N6O3S/c1-5-10-38-20-9-7-6-8-17(20)22-18-11-16(34(35)36)12-19(25(26,27)28)23(18)33-21(13-29-22)30-31-24(33)37-14-15(2)32(3)4/h6-9,11-12,15H,5,10,13-14H2,1-4H3. The number of nitrogens with zero attached hydrogens (tertiary/aromatic N) is 6. The van der Waals surface area contributed by atoms with Crippen molar-refractivity contribution in [2.24, 2.45) is 4.99 Å². The monoisotopic (exact) mass is 548 g/mol. The Morgan fingerprint density at radius 1 is 1.21 bits per heavy atom. The summed E-state index contributed by atoms with van der Waals surface area (Å²) in [5.41, 5.74) is -1.47. The van der Waals surface area contributed by atoms with Gasteiger partial charge >= 0.3 is 12.2 Å². The lowest BCUT2D eigenvalue weighted by Gasteiger charge is -2.22. The van der Waals surface area contributed by atoms with Crippen LogP contribution in [0.15, 0.2) is 46.3 Å². The maximum absolute atomic E-state index is 14.5. The average Bonchev–Trinajstić information content (AvgIpc) is 3.19. The summed E-state index contributed by atoms with van der Waals surface area (Å²) in [6.45, 7) is 3.96. The number of likely N-dealkylation sites (N-methyl/N-ethyl adjacent to an activating group) is 1. The van der Waals surface area contributed by atoms with Crippen molar-refractivity contribution in [2.75, 3.05) is 26.5 Å². The highest BCUT2D eigenvalue weighted by Crippen LogP contribution is 2.42. The zero-order chi connectivity index (χ0) is 27.6. The predicted octanol–water partition coefficient (Wildman–Crippen LogP) is 5.38. The van der Waals surface area contributed by atoms with Crippen LogP contribution in [-0.2, 0) is 12.7 Å². The van der Waals surface area contributed by atoms with Crippen LogP contribution in [0.25, 0.3) is 5.69 Å². The van der Waals surface area contributed by atoms with Gasteiger partial charge in [0.15, 0.2) is 5.82 Å². The molecule has 1 aliphatic heterocycles. The Morgan fingerprint density at radius 3 is 2.61 bits per heavy atom. The Labute approximate surface area is 221 Å². The highest BCUT2D eigenvalue weighted by molar-refractivity contribution is 7.99. The Bertz CT molecular complexity index is 1370.